The molecule has 1 rings (SSSR count). The first-order valence-corrected chi connectivity index (χ1v) is 4.98. The molecule has 1 saturated heterocycles. The molecule has 1 heterocycles. The fourth-order valence-electron chi connectivity index (χ4n) is 0.959. The highest BCUT2D eigenvalue weighted by Gasteiger charge is 2.34. The van der Waals surface area contributed by atoms with E-state index in [1.165, 1.54) is 0 Å². The molecule has 4 heteroatoms. The molecule has 0 bridgehead atoms. The zero-order valence-corrected chi connectivity index (χ0v) is 9.79. The van der Waals surface area contributed by atoms with E-state index in [1.54, 1.807) is 0 Å². The van der Waals surface area contributed by atoms with Crippen LogP contribution in [-0.2, 0) is 9.53 Å². The van der Waals surface area contributed by atoms with Gasteiger partial charge in [-0.1, -0.05) is 0 Å². The average Bonchev–Trinajstić information content (AvgIpc) is 1.76. The number of nitrogens with zero attached hydrogens (tertiary/aromatic N) is 1. The standard InChI is InChI=1S/C8H14INO2/c1-8(2,3)12-7(11)6-4-10(9)5-6/h6H,4-5H2,1-3H3. The smallest absolute Gasteiger partial charge is 0.312 e. The van der Waals surface area contributed by atoms with Crippen molar-refractivity contribution < 1.29 is 9.53 Å². The fourth-order valence-corrected chi connectivity index (χ4v) is 1.91. The van der Waals surface area contributed by atoms with Gasteiger partial charge in [-0.05, 0) is 20.8 Å². The topological polar surface area (TPSA) is 29.5 Å². The molecule has 0 unspecified atom stereocenters. The highest BCUT2D eigenvalue weighted by Crippen LogP contribution is 2.22. The van der Waals surface area contributed by atoms with Crippen LogP contribution >= 0.6 is 22.9 Å². The van der Waals surface area contributed by atoms with Crippen LogP contribution in [0.4, 0.5) is 0 Å². The second-order valence-corrected chi connectivity index (χ2v) is 5.42. The molecule has 0 aromatic rings. The lowest BCUT2D eigenvalue weighted by molar-refractivity contribution is -0.163. The summed E-state index contributed by atoms with van der Waals surface area (Å²) in [4.78, 5) is 11.3. The minimum absolute atomic E-state index is 0.0598. The number of carbonyl (C=O) groups is 1. The van der Waals surface area contributed by atoms with Crippen LogP contribution < -0.4 is 0 Å². The Morgan fingerprint density at radius 1 is 1.50 bits per heavy atom. The molecule has 0 atom stereocenters. The van der Waals surface area contributed by atoms with Gasteiger partial charge >= 0.3 is 5.97 Å². The summed E-state index contributed by atoms with van der Waals surface area (Å²) in [7, 11) is 0. The average molecular weight is 283 g/mol. The molecule has 0 aromatic carbocycles. The van der Waals surface area contributed by atoms with Gasteiger partial charge in [-0.15, -0.1) is 0 Å². The lowest BCUT2D eigenvalue weighted by atomic mass is 10.0. The Hall–Kier alpha value is 0.160. The second kappa shape index (κ2) is 3.49. The van der Waals surface area contributed by atoms with Crippen LogP contribution in [0.5, 0.6) is 0 Å². The van der Waals surface area contributed by atoms with Crippen molar-refractivity contribution in [2.45, 2.75) is 26.4 Å². The van der Waals surface area contributed by atoms with Crippen LogP contribution in [0.15, 0.2) is 0 Å². The number of hydrogen-bond donors (Lipinski definition) is 0. The van der Waals surface area contributed by atoms with Crippen LogP contribution in [0.3, 0.4) is 0 Å². The van der Waals surface area contributed by atoms with E-state index in [0.717, 1.165) is 13.1 Å². The highest BCUT2D eigenvalue weighted by atomic mass is 127. The van der Waals surface area contributed by atoms with Gasteiger partial charge in [-0.2, -0.15) is 0 Å². The molecule has 70 valence electrons. The van der Waals surface area contributed by atoms with Crippen LogP contribution in [0.2, 0.25) is 0 Å². The third kappa shape index (κ3) is 2.90. The maximum atomic E-state index is 11.3. The quantitative estimate of drug-likeness (QED) is 0.416. The first-order chi connectivity index (χ1) is 5.38. The van der Waals surface area contributed by atoms with Crippen LogP contribution in [0.25, 0.3) is 0 Å². The Labute approximate surface area is 86.9 Å². The van der Waals surface area contributed by atoms with Crippen molar-refractivity contribution in [3.8, 4) is 0 Å². The molecule has 0 aliphatic carbocycles. The van der Waals surface area contributed by atoms with E-state index < -0.39 is 0 Å². The number of carbonyl (C=O) groups excluding carboxylic acids is 1. The van der Waals surface area contributed by atoms with Gasteiger partial charge in [-0.3, -0.25) is 4.79 Å². The summed E-state index contributed by atoms with van der Waals surface area (Å²) >= 11 is 2.20. The van der Waals surface area contributed by atoms with Crippen molar-refractivity contribution in [2.24, 2.45) is 5.92 Å². The Kier molecular flexibility index (Phi) is 2.98. The minimum atomic E-state index is -0.344. The van der Waals surface area contributed by atoms with Gasteiger partial charge < -0.3 is 4.74 Å². The lowest BCUT2D eigenvalue weighted by Crippen LogP contribution is -2.46. The molecule has 1 fully saturated rings. The first-order valence-electron chi connectivity index (χ1n) is 4.02. The van der Waals surface area contributed by atoms with E-state index in [4.69, 9.17) is 4.74 Å². The predicted octanol–water partition coefficient (Wildman–Crippen LogP) is 1.61. The summed E-state index contributed by atoms with van der Waals surface area (Å²) in [6.07, 6.45) is 0. The van der Waals surface area contributed by atoms with E-state index in [-0.39, 0.29) is 17.5 Å². The molecular formula is C8H14INO2. The van der Waals surface area contributed by atoms with Crippen LogP contribution in [0.1, 0.15) is 20.8 Å². The van der Waals surface area contributed by atoms with Crippen molar-refractivity contribution in [1.82, 2.24) is 3.11 Å². The maximum Gasteiger partial charge on any atom is 0.312 e. The number of hydrogen-bond acceptors (Lipinski definition) is 3. The second-order valence-electron chi connectivity index (χ2n) is 4.06. The zero-order valence-electron chi connectivity index (χ0n) is 7.63. The predicted molar refractivity (Wildman–Crippen MR) is 54.9 cm³/mol. The van der Waals surface area contributed by atoms with E-state index >= 15 is 0 Å². The van der Waals surface area contributed by atoms with Gasteiger partial charge in [0.1, 0.15) is 5.60 Å². The van der Waals surface area contributed by atoms with Crippen molar-refractivity contribution in [2.75, 3.05) is 13.1 Å². The Morgan fingerprint density at radius 3 is 2.33 bits per heavy atom. The number of ether oxygens (including phenoxy) is 1. The molecular weight excluding hydrogens is 269 g/mol. The van der Waals surface area contributed by atoms with Crippen molar-refractivity contribution in [1.29, 1.82) is 0 Å². The number of halogens is 1. The number of esters is 1. The Balaban J connectivity index is 2.30. The van der Waals surface area contributed by atoms with E-state index in [1.807, 2.05) is 20.8 Å². The first kappa shape index (κ1) is 10.2. The SMILES string of the molecule is CC(C)(C)OC(=O)C1CN(I)C1. The van der Waals surface area contributed by atoms with Crippen LogP contribution in [0, 0.1) is 5.92 Å². The maximum absolute atomic E-state index is 11.3. The molecule has 0 radical (unpaired) electrons. The van der Waals surface area contributed by atoms with E-state index in [0.29, 0.717) is 0 Å². The molecule has 0 aromatic heterocycles. The fraction of sp³-hybridized carbons (Fsp3) is 0.875. The normalized spacial score (nSPS) is 20.3. The van der Waals surface area contributed by atoms with Gasteiger partial charge in [0, 0.05) is 36.0 Å². The van der Waals surface area contributed by atoms with E-state index in [2.05, 4.69) is 26.0 Å². The van der Waals surface area contributed by atoms with E-state index in [9.17, 15) is 4.79 Å². The summed E-state index contributed by atoms with van der Waals surface area (Å²) in [5.41, 5.74) is -0.344. The van der Waals surface area contributed by atoms with Crippen molar-refractivity contribution in [3.63, 3.8) is 0 Å². The highest BCUT2D eigenvalue weighted by molar-refractivity contribution is 14.1. The van der Waals surface area contributed by atoms with Gasteiger partial charge in [0.15, 0.2) is 0 Å². The van der Waals surface area contributed by atoms with Gasteiger partial charge in [0.05, 0.1) is 5.92 Å². The third-order valence-electron chi connectivity index (χ3n) is 1.58. The summed E-state index contributed by atoms with van der Waals surface area (Å²) in [5.74, 6) is 0.0385. The molecule has 1 aliphatic rings. The Bertz CT molecular complexity index is 182. The lowest BCUT2D eigenvalue weighted by Gasteiger charge is -2.34. The summed E-state index contributed by atoms with van der Waals surface area (Å²) in [6, 6.07) is 0. The zero-order chi connectivity index (χ0) is 9.35. The molecule has 0 spiro atoms. The monoisotopic (exact) mass is 283 g/mol. The van der Waals surface area contributed by atoms with Crippen molar-refractivity contribution >= 4 is 28.8 Å². The molecule has 12 heavy (non-hydrogen) atoms. The largest absolute Gasteiger partial charge is 0.460 e. The molecule has 1 aliphatic heterocycles. The molecule has 3 nitrogen and oxygen atoms in total. The van der Waals surface area contributed by atoms with Gasteiger partial charge in [0.2, 0.25) is 0 Å². The summed E-state index contributed by atoms with van der Waals surface area (Å²) < 4.78 is 7.30. The van der Waals surface area contributed by atoms with Gasteiger partial charge in [-0.25, -0.2) is 3.11 Å². The molecule has 0 amide bonds. The third-order valence-corrected chi connectivity index (χ3v) is 2.36. The van der Waals surface area contributed by atoms with Gasteiger partial charge in [0.25, 0.3) is 0 Å². The molecule has 0 saturated carbocycles. The summed E-state index contributed by atoms with van der Waals surface area (Å²) in [6.45, 7) is 7.34. The minimum Gasteiger partial charge on any atom is -0.460 e. The van der Waals surface area contributed by atoms with Crippen molar-refractivity contribution in [3.05, 3.63) is 0 Å². The van der Waals surface area contributed by atoms with Crippen LogP contribution in [-0.4, -0.2) is 27.8 Å². The summed E-state index contributed by atoms with van der Waals surface area (Å²) in [5, 5.41) is 0. The Morgan fingerprint density at radius 2 is 2.00 bits per heavy atom. The molecule has 0 N–H and O–H groups in total. The number of rotatable bonds is 1.